The van der Waals surface area contributed by atoms with Gasteiger partial charge in [-0.1, -0.05) is 6.07 Å². The number of benzene rings is 2. The molecule has 0 atom stereocenters. The largest absolute Gasteiger partial charge is 0.639 e. The first-order chi connectivity index (χ1) is 9.91. The van der Waals surface area contributed by atoms with E-state index < -0.39 is 53.2 Å². The van der Waals surface area contributed by atoms with Crippen molar-refractivity contribution in [3.05, 3.63) is 53.1 Å². The zero-order valence-electron chi connectivity index (χ0n) is 9.89. The zero-order valence-corrected chi connectivity index (χ0v) is 9.89. The van der Waals surface area contributed by atoms with Gasteiger partial charge in [-0.25, -0.2) is 26.3 Å². The van der Waals surface area contributed by atoms with E-state index in [1.165, 1.54) is 12.1 Å². The predicted molar refractivity (Wildman–Crippen MR) is 59.3 cm³/mol. The average molecular weight is 304 g/mol. The van der Waals surface area contributed by atoms with Crippen molar-refractivity contribution >= 4 is 12.6 Å². The summed E-state index contributed by atoms with van der Waals surface area (Å²) >= 11 is 0. The Morgan fingerprint density at radius 3 is 1.86 bits per heavy atom. The van der Waals surface area contributed by atoms with E-state index in [-0.39, 0.29) is 5.75 Å². The van der Waals surface area contributed by atoms with E-state index in [1.54, 1.807) is 0 Å². The Kier molecular flexibility index (Phi) is 3.00. The van der Waals surface area contributed by atoms with Crippen molar-refractivity contribution in [2.45, 2.75) is 0 Å². The Bertz CT molecular complexity index is 722. The summed E-state index contributed by atoms with van der Waals surface area (Å²) in [4.78, 5) is 0. The molecule has 0 amide bonds. The van der Waals surface area contributed by atoms with E-state index in [4.69, 9.17) is 9.31 Å². The van der Waals surface area contributed by atoms with Crippen LogP contribution in [0.3, 0.4) is 0 Å². The molecular weight excluding hydrogens is 301 g/mol. The van der Waals surface area contributed by atoms with Crippen LogP contribution < -0.4 is 14.8 Å². The minimum atomic E-state index is -2.30. The van der Waals surface area contributed by atoms with Gasteiger partial charge in [0.05, 0.1) is 5.46 Å². The summed E-state index contributed by atoms with van der Waals surface area (Å²) in [6.07, 6.45) is 0. The molecule has 1 aliphatic rings. The highest BCUT2D eigenvalue weighted by Gasteiger charge is 2.43. The third kappa shape index (κ3) is 1.91. The molecule has 0 radical (unpaired) electrons. The third-order valence-electron chi connectivity index (χ3n) is 2.87. The van der Waals surface area contributed by atoms with Crippen LogP contribution >= 0.6 is 0 Å². The zero-order chi connectivity index (χ0) is 15.3. The van der Waals surface area contributed by atoms with Crippen molar-refractivity contribution in [1.82, 2.24) is 0 Å². The fourth-order valence-corrected chi connectivity index (χ4v) is 1.89. The Morgan fingerprint density at radius 1 is 0.714 bits per heavy atom. The highest BCUT2D eigenvalue weighted by molar-refractivity contribution is 6.63. The van der Waals surface area contributed by atoms with Gasteiger partial charge in [-0.2, -0.15) is 0 Å². The second-order valence-electron chi connectivity index (χ2n) is 4.12. The number of halogens is 6. The molecule has 0 fully saturated rings. The van der Waals surface area contributed by atoms with E-state index in [0.29, 0.717) is 0 Å². The molecule has 21 heavy (non-hydrogen) atoms. The van der Waals surface area contributed by atoms with E-state index in [0.717, 1.165) is 6.07 Å². The Morgan fingerprint density at radius 2 is 1.29 bits per heavy atom. The lowest BCUT2D eigenvalue weighted by molar-refractivity contribution is 0.380. The van der Waals surface area contributed by atoms with Crippen molar-refractivity contribution < 1.29 is 35.7 Å². The summed E-state index contributed by atoms with van der Waals surface area (Å²) in [5.74, 6) is -12.3. The van der Waals surface area contributed by atoms with Crippen LogP contribution in [-0.2, 0) is 0 Å². The maximum atomic E-state index is 13.6. The van der Waals surface area contributed by atoms with Gasteiger partial charge in [0, 0.05) is 0 Å². The molecule has 0 aliphatic carbocycles. The third-order valence-corrected chi connectivity index (χ3v) is 2.87. The van der Waals surface area contributed by atoms with Gasteiger partial charge in [0.25, 0.3) is 0 Å². The van der Waals surface area contributed by atoms with Crippen LogP contribution in [0.25, 0.3) is 0 Å². The maximum absolute atomic E-state index is 13.6. The smallest absolute Gasteiger partial charge is 0.519 e. The van der Waals surface area contributed by atoms with Crippen molar-refractivity contribution in [2.75, 3.05) is 0 Å². The highest BCUT2D eigenvalue weighted by Crippen LogP contribution is 2.36. The van der Waals surface area contributed by atoms with E-state index in [9.17, 15) is 26.3 Å². The lowest BCUT2D eigenvalue weighted by Crippen LogP contribution is -2.45. The number of para-hydroxylation sites is 1. The van der Waals surface area contributed by atoms with Crippen LogP contribution in [-0.4, -0.2) is 7.12 Å². The Hall–Kier alpha value is -2.32. The van der Waals surface area contributed by atoms with Crippen LogP contribution in [0.5, 0.6) is 11.5 Å². The van der Waals surface area contributed by atoms with Crippen LogP contribution in [0.1, 0.15) is 0 Å². The number of hydrogen-bond acceptors (Lipinski definition) is 2. The molecule has 2 aromatic rings. The van der Waals surface area contributed by atoms with Gasteiger partial charge in [-0.05, 0) is 12.1 Å². The molecule has 9 heteroatoms. The minimum Gasteiger partial charge on any atom is -0.519 e. The second-order valence-corrected chi connectivity index (χ2v) is 4.12. The van der Waals surface area contributed by atoms with Gasteiger partial charge in [0.2, 0.25) is 0 Å². The van der Waals surface area contributed by atoms with Gasteiger partial charge in [0.1, 0.15) is 5.75 Å². The van der Waals surface area contributed by atoms with Crippen LogP contribution in [0.4, 0.5) is 26.3 Å². The Balaban J connectivity index is 2.11. The fourth-order valence-electron chi connectivity index (χ4n) is 1.89. The van der Waals surface area contributed by atoms with Gasteiger partial charge < -0.3 is 9.31 Å². The first-order valence-corrected chi connectivity index (χ1v) is 5.55. The number of fused-ring (bicyclic) bond motifs is 1. The number of hydrogen-bond donors (Lipinski definition) is 0. The molecule has 0 saturated carbocycles. The normalized spacial score (nSPS) is 13.0. The number of rotatable bonds is 1. The SMILES string of the molecule is Fc1cccc2c1OB(c1c(F)c(F)c(F)c(F)c1F)O2. The summed E-state index contributed by atoms with van der Waals surface area (Å²) in [6.45, 7) is 0. The molecule has 2 nitrogen and oxygen atoms in total. The standard InChI is InChI=1S/C12H3BF6O2/c14-4-2-1-3-5-12(4)21-13(20-5)6-7(15)9(17)11(19)10(18)8(6)16/h1-3H. The average Bonchev–Trinajstić information content (AvgIpc) is 2.88. The molecule has 1 aliphatic heterocycles. The first kappa shape index (κ1) is 13.7. The summed E-state index contributed by atoms with van der Waals surface area (Å²) in [7, 11) is -1.97. The topological polar surface area (TPSA) is 18.5 Å². The summed E-state index contributed by atoms with van der Waals surface area (Å²) in [5, 5.41) is 0. The molecule has 0 N–H and O–H groups in total. The monoisotopic (exact) mass is 304 g/mol. The lowest BCUT2D eigenvalue weighted by atomic mass is 9.78. The molecule has 0 aromatic heterocycles. The van der Waals surface area contributed by atoms with Crippen molar-refractivity contribution in [3.63, 3.8) is 0 Å². The molecule has 0 bridgehead atoms. The maximum Gasteiger partial charge on any atom is 0.639 e. The van der Waals surface area contributed by atoms with Gasteiger partial charge in [-0.15, -0.1) is 0 Å². The van der Waals surface area contributed by atoms with Crippen molar-refractivity contribution in [2.24, 2.45) is 0 Å². The molecule has 1 heterocycles. The predicted octanol–water partition coefficient (Wildman–Crippen LogP) is 2.69. The van der Waals surface area contributed by atoms with Crippen molar-refractivity contribution in [1.29, 1.82) is 0 Å². The molecule has 0 unspecified atom stereocenters. The molecule has 2 aromatic carbocycles. The van der Waals surface area contributed by atoms with E-state index >= 15 is 0 Å². The summed E-state index contributed by atoms with van der Waals surface area (Å²) < 4.78 is 89.5. The molecule has 108 valence electrons. The molecule has 0 spiro atoms. The first-order valence-electron chi connectivity index (χ1n) is 5.55. The quantitative estimate of drug-likeness (QED) is 0.349. The van der Waals surface area contributed by atoms with Gasteiger partial charge >= 0.3 is 7.12 Å². The van der Waals surface area contributed by atoms with Crippen molar-refractivity contribution in [3.8, 4) is 11.5 Å². The molecular formula is C12H3BF6O2. The molecule has 3 rings (SSSR count). The summed E-state index contributed by atoms with van der Waals surface area (Å²) in [5.41, 5.74) is -1.32. The lowest BCUT2D eigenvalue weighted by Gasteiger charge is -2.09. The van der Waals surface area contributed by atoms with Crippen LogP contribution in [0.15, 0.2) is 18.2 Å². The van der Waals surface area contributed by atoms with Crippen LogP contribution in [0.2, 0.25) is 0 Å². The molecule has 0 saturated heterocycles. The Labute approximate surface area is 114 Å². The highest BCUT2D eigenvalue weighted by atomic mass is 19.2. The fraction of sp³-hybridized carbons (Fsp3) is 0. The minimum absolute atomic E-state index is 0.205. The van der Waals surface area contributed by atoms with E-state index in [2.05, 4.69) is 0 Å². The van der Waals surface area contributed by atoms with Crippen LogP contribution in [0, 0.1) is 34.9 Å². The van der Waals surface area contributed by atoms with E-state index in [1.807, 2.05) is 0 Å². The van der Waals surface area contributed by atoms with Gasteiger partial charge in [0.15, 0.2) is 40.7 Å². The second kappa shape index (κ2) is 4.61. The van der Waals surface area contributed by atoms with Gasteiger partial charge in [-0.3, -0.25) is 0 Å². The summed E-state index contributed by atoms with van der Waals surface area (Å²) in [6, 6.07) is 3.45.